The molecule has 1 saturated heterocycles. The van der Waals surface area contributed by atoms with E-state index >= 15 is 0 Å². The predicted octanol–water partition coefficient (Wildman–Crippen LogP) is 2.70. The molecule has 0 saturated carbocycles. The molecular formula is C22H19FN4O4. The molecule has 0 aliphatic carbocycles. The van der Waals surface area contributed by atoms with Crippen LogP contribution < -0.4 is 14.4 Å². The molecule has 1 N–H and O–H groups in total. The molecular weight excluding hydrogens is 403 g/mol. The number of anilines is 1. The summed E-state index contributed by atoms with van der Waals surface area (Å²) in [5.41, 5.74) is 0.931. The van der Waals surface area contributed by atoms with E-state index < -0.39 is 5.82 Å². The number of fused-ring (bicyclic) bond motifs is 3. The molecule has 31 heavy (non-hydrogen) atoms. The number of carbonyl (C=O) groups excluding carboxylic acids is 1. The minimum absolute atomic E-state index is 0.0304. The number of carbonyl (C=O) groups is 1. The minimum atomic E-state index is -0.575. The Morgan fingerprint density at radius 2 is 1.94 bits per heavy atom. The molecule has 5 rings (SSSR count). The zero-order chi connectivity index (χ0) is 21.5. The Bertz CT molecular complexity index is 1190. The van der Waals surface area contributed by atoms with Crippen LogP contribution in [0.1, 0.15) is 0 Å². The zero-order valence-electron chi connectivity index (χ0n) is 16.5. The Kier molecular flexibility index (Phi) is 4.58. The number of halogens is 1. The highest BCUT2D eigenvalue weighted by molar-refractivity contribution is 6.02. The lowest BCUT2D eigenvalue weighted by Crippen LogP contribution is -2.48. The van der Waals surface area contributed by atoms with Crippen molar-refractivity contribution in [2.24, 2.45) is 0 Å². The monoisotopic (exact) mass is 422 g/mol. The summed E-state index contributed by atoms with van der Waals surface area (Å²) in [6, 6.07) is 5.80. The van der Waals surface area contributed by atoms with Crippen molar-refractivity contribution in [3.05, 3.63) is 49.1 Å². The van der Waals surface area contributed by atoms with Crippen LogP contribution in [-0.4, -0.2) is 58.9 Å². The Hall–Kier alpha value is -3.88. The summed E-state index contributed by atoms with van der Waals surface area (Å²) in [7, 11) is 0. The van der Waals surface area contributed by atoms with Gasteiger partial charge < -0.3 is 24.4 Å². The Morgan fingerprint density at radius 1 is 1.16 bits per heavy atom. The number of nitrogens with zero attached hydrogens (tertiary/aromatic N) is 4. The second kappa shape index (κ2) is 7.42. The standard InChI is InChI=1S/C22H19FN4O4/c1-2-17(29)26-6-8-27(9-7-26)22-19-15(24-11-25-22)10-13(20-21(19)31-12-30-20)18-14(23)4-3-5-16(18)28/h2-5,10-11,28H,1,6-9,12H2. The summed E-state index contributed by atoms with van der Waals surface area (Å²) >= 11 is 0. The molecule has 9 heteroatoms. The molecule has 158 valence electrons. The molecule has 0 atom stereocenters. The van der Waals surface area contributed by atoms with E-state index in [2.05, 4.69) is 21.4 Å². The molecule has 0 spiro atoms. The number of benzene rings is 2. The van der Waals surface area contributed by atoms with Crippen LogP contribution in [0.4, 0.5) is 10.2 Å². The maximum absolute atomic E-state index is 14.6. The SMILES string of the molecule is C=CC(=O)N1CCN(c2ncnc3cc(-c4c(O)cccc4F)c4c(c23)OCO4)CC1. The molecule has 1 fully saturated rings. The lowest BCUT2D eigenvalue weighted by atomic mass is 9.99. The fourth-order valence-electron chi connectivity index (χ4n) is 4.06. The highest BCUT2D eigenvalue weighted by Gasteiger charge is 2.30. The molecule has 2 aliphatic rings. The molecule has 1 aromatic heterocycles. The van der Waals surface area contributed by atoms with E-state index in [1.165, 1.54) is 30.6 Å². The van der Waals surface area contributed by atoms with Crippen LogP contribution in [0.3, 0.4) is 0 Å². The van der Waals surface area contributed by atoms with E-state index in [-0.39, 0.29) is 24.0 Å². The summed E-state index contributed by atoms with van der Waals surface area (Å²) in [5, 5.41) is 10.9. The molecule has 0 radical (unpaired) electrons. The molecule has 2 aliphatic heterocycles. The first kappa shape index (κ1) is 19.1. The zero-order valence-corrected chi connectivity index (χ0v) is 16.5. The number of amides is 1. The third kappa shape index (κ3) is 3.09. The van der Waals surface area contributed by atoms with Gasteiger partial charge in [0.1, 0.15) is 23.7 Å². The van der Waals surface area contributed by atoms with Gasteiger partial charge in [0.05, 0.1) is 16.5 Å². The van der Waals surface area contributed by atoms with Crippen molar-refractivity contribution in [3.8, 4) is 28.4 Å². The van der Waals surface area contributed by atoms with Gasteiger partial charge in [-0.25, -0.2) is 14.4 Å². The van der Waals surface area contributed by atoms with Crippen molar-refractivity contribution in [1.82, 2.24) is 14.9 Å². The van der Waals surface area contributed by atoms with Crippen LogP contribution in [0.2, 0.25) is 0 Å². The third-order valence-electron chi connectivity index (χ3n) is 5.55. The summed E-state index contributed by atoms with van der Waals surface area (Å²) in [5.74, 6) is 0.532. The number of phenols is 1. The second-order valence-corrected chi connectivity index (χ2v) is 7.23. The van der Waals surface area contributed by atoms with Crippen LogP contribution in [0.5, 0.6) is 17.2 Å². The fraction of sp³-hybridized carbons (Fsp3) is 0.227. The lowest BCUT2D eigenvalue weighted by Gasteiger charge is -2.35. The average Bonchev–Trinajstić information content (AvgIpc) is 3.28. The van der Waals surface area contributed by atoms with E-state index in [0.717, 1.165) is 0 Å². The van der Waals surface area contributed by atoms with Crippen LogP contribution in [0.25, 0.3) is 22.0 Å². The fourth-order valence-corrected chi connectivity index (χ4v) is 4.06. The summed E-state index contributed by atoms with van der Waals surface area (Å²) < 4.78 is 26.0. The van der Waals surface area contributed by atoms with Crippen LogP contribution in [-0.2, 0) is 4.79 Å². The van der Waals surface area contributed by atoms with E-state index in [1.54, 1.807) is 11.0 Å². The first-order valence-corrected chi connectivity index (χ1v) is 9.80. The molecule has 1 amide bonds. The normalized spacial score (nSPS) is 15.4. The highest BCUT2D eigenvalue weighted by atomic mass is 19.1. The number of rotatable bonds is 3. The number of hydrogen-bond acceptors (Lipinski definition) is 7. The first-order valence-electron chi connectivity index (χ1n) is 9.80. The minimum Gasteiger partial charge on any atom is -0.507 e. The van der Waals surface area contributed by atoms with Gasteiger partial charge in [0.25, 0.3) is 0 Å². The van der Waals surface area contributed by atoms with Gasteiger partial charge in [-0.2, -0.15) is 0 Å². The molecule has 3 aromatic rings. The molecule has 8 nitrogen and oxygen atoms in total. The topological polar surface area (TPSA) is 88.0 Å². The third-order valence-corrected chi connectivity index (χ3v) is 5.55. The number of aromatic hydroxyl groups is 1. The first-order chi connectivity index (χ1) is 15.1. The summed E-state index contributed by atoms with van der Waals surface area (Å²) in [6.07, 6.45) is 2.75. The summed E-state index contributed by atoms with van der Waals surface area (Å²) in [4.78, 5) is 24.5. The van der Waals surface area contributed by atoms with Crippen LogP contribution >= 0.6 is 0 Å². The number of hydrogen-bond donors (Lipinski definition) is 1. The highest BCUT2D eigenvalue weighted by Crippen LogP contribution is 2.50. The van der Waals surface area contributed by atoms with Gasteiger partial charge in [-0.15, -0.1) is 0 Å². The van der Waals surface area contributed by atoms with Crippen molar-refractivity contribution in [3.63, 3.8) is 0 Å². The van der Waals surface area contributed by atoms with Crippen molar-refractivity contribution in [2.75, 3.05) is 37.9 Å². The number of aromatic nitrogens is 2. The molecule has 0 unspecified atom stereocenters. The Labute approximate surface area is 177 Å². The number of phenolic OH excluding ortho intramolecular Hbond substituents is 1. The smallest absolute Gasteiger partial charge is 0.246 e. The maximum Gasteiger partial charge on any atom is 0.246 e. The van der Waals surface area contributed by atoms with Gasteiger partial charge in [0.2, 0.25) is 12.7 Å². The second-order valence-electron chi connectivity index (χ2n) is 7.23. The molecule has 3 heterocycles. The molecule has 2 aromatic carbocycles. The van der Waals surface area contributed by atoms with Gasteiger partial charge >= 0.3 is 0 Å². The Morgan fingerprint density at radius 3 is 2.68 bits per heavy atom. The van der Waals surface area contributed by atoms with E-state index in [9.17, 15) is 14.3 Å². The van der Waals surface area contributed by atoms with Crippen molar-refractivity contribution in [1.29, 1.82) is 0 Å². The van der Waals surface area contributed by atoms with Gasteiger partial charge in [-0.1, -0.05) is 12.6 Å². The van der Waals surface area contributed by atoms with Gasteiger partial charge in [-0.3, -0.25) is 4.79 Å². The van der Waals surface area contributed by atoms with Gasteiger partial charge in [0, 0.05) is 31.7 Å². The van der Waals surface area contributed by atoms with E-state index in [1.807, 2.05) is 0 Å². The van der Waals surface area contributed by atoms with E-state index in [0.29, 0.717) is 60.0 Å². The number of piperazine rings is 1. The van der Waals surface area contributed by atoms with E-state index in [4.69, 9.17) is 9.47 Å². The summed E-state index contributed by atoms with van der Waals surface area (Å²) in [6.45, 7) is 5.74. The van der Waals surface area contributed by atoms with Crippen LogP contribution in [0.15, 0.2) is 43.2 Å². The Balaban J connectivity index is 1.62. The maximum atomic E-state index is 14.6. The lowest BCUT2D eigenvalue weighted by molar-refractivity contribution is -0.126. The van der Waals surface area contributed by atoms with Crippen molar-refractivity contribution >= 4 is 22.6 Å². The average molecular weight is 422 g/mol. The number of ether oxygens (including phenoxy) is 2. The van der Waals surface area contributed by atoms with Gasteiger partial charge in [0.15, 0.2) is 11.5 Å². The van der Waals surface area contributed by atoms with Crippen molar-refractivity contribution < 1.29 is 23.8 Å². The van der Waals surface area contributed by atoms with Gasteiger partial charge in [-0.05, 0) is 24.3 Å². The quantitative estimate of drug-likeness (QED) is 0.650. The predicted molar refractivity (Wildman–Crippen MR) is 112 cm³/mol. The molecule has 0 bridgehead atoms. The van der Waals surface area contributed by atoms with Crippen LogP contribution in [0, 0.1) is 5.82 Å². The largest absolute Gasteiger partial charge is 0.507 e. The van der Waals surface area contributed by atoms with Crippen molar-refractivity contribution in [2.45, 2.75) is 0 Å².